The maximum atomic E-state index is 12.3. The third-order valence-electron chi connectivity index (χ3n) is 3.71. The minimum atomic E-state index is -0.190. The van der Waals surface area contributed by atoms with E-state index in [9.17, 15) is 4.79 Å². The molecule has 2 aromatic carbocycles. The zero-order valence-corrected chi connectivity index (χ0v) is 13.9. The molecule has 116 valence electrons. The first-order valence-electron chi connectivity index (χ1n) is 7.48. The number of anilines is 2. The molecule has 0 saturated heterocycles. The molecule has 0 atom stereocenters. The van der Waals surface area contributed by atoms with Gasteiger partial charge in [0, 0.05) is 24.5 Å². The summed E-state index contributed by atoms with van der Waals surface area (Å²) in [6.07, 6.45) is 0. The zero-order valence-electron chi connectivity index (χ0n) is 13.2. The Balaban J connectivity index is 2.20. The highest BCUT2D eigenvalue weighted by Crippen LogP contribution is 2.24. The number of hydrogen-bond acceptors (Lipinski definition) is 2. The number of halogens is 1. The van der Waals surface area contributed by atoms with E-state index in [4.69, 9.17) is 11.6 Å². The van der Waals surface area contributed by atoms with Crippen molar-refractivity contribution < 1.29 is 4.79 Å². The number of benzene rings is 2. The third-order valence-corrected chi connectivity index (χ3v) is 4.03. The van der Waals surface area contributed by atoms with Crippen LogP contribution >= 0.6 is 11.6 Å². The van der Waals surface area contributed by atoms with Crippen molar-refractivity contribution in [3.63, 3.8) is 0 Å². The molecule has 0 aromatic heterocycles. The minimum absolute atomic E-state index is 0.190. The lowest BCUT2D eigenvalue weighted by Gasteiger charge is -2.22. The lowest BCUT2D eigenvalue weighted by Crippen LogP contribution is -2.22. The fourth-order valence-electron chi connectivity index (χ4n) is 2.41. The van der Waals surface area contributed by atoms with Crippen molar-refractivity contribution >= 4 is 28.9 Å². The van der Waals surface area contributed by atoms with Gasteiger partial charge in [0.1, 0.15) is 0 Å². The summed E-state index contributed by atoms with van der Waals surface area (Å²) in [5, 5.41) is 3.38. The molecule has 0 fully saturated rings. The van der Waals surface area contributed by atoms with Crippen molar-refractivity contribution in [2.75, 3.05) is 23.3 Å². The molecule has 0 bridgehead atoms. The molecule has 0 radical (unpaired) electrons. The van der Waals surface area contributed by atoms with E-state index >= 15 is 0 Å². The maximum Gasteiger partial charge on any atom is 0.257 e. The zero-order chi connectivity index (χ0) is 16.1. The predicted octanol–water partition coefficient (Wildman–Crippen LogP) is 4.75. The number of carbonyl (C=O) groups excluding carboxylic acids is 1. The largest absolute Gasteiger partial charge is 0.372 e. The van der Waals surface area contributed by atoms with Crippen molar-refractivity contribution in [3.05, 3.63) is 58.6 Å². The number of carbonyl (C=O) groups is 1. The molecule has 0 saturated carbocycles. The molecule has 0 heterocycles. The standard InChI is InChI=1S/C18H21ClN2O/c1-4-21(5-2)14-10-11-17(13(3)12-14)20-18(22)15-8-6-7-9-16(15)19/h6-12H,4-5H2,1-3H3,(H,20,22). The number of nitrogens with zero attached hydrogens (tertiary/aromatic N) is 1. The Bertz CT molecular complexity index is 666. The van der Waals surface area contributed by atoms with E-state index in [-0.39, 0.29) is 5.91 Å². The minimum Gasteiger partial charge on any atom is -0.372 e. The maximum absolute atomic E-state index is 12.3. The van der Waals surface area contributed by atoms with Gasteiger partial charge in [-0.15, -0.1) is 0 Å². The lowest BCUT2D eigenvalue weighted by atomic mass is 10.1. The van der Waals surface area contributed by atoms with Crippen molar-refractivity contribution in [2.24, 2.45) is 0 Å². The first kappa shape index (κ1) is 16.4. The van der Waals surface area contributed by atoms with E-state index < -0.39 is 0 Å². The highest BCUT2D eigenvalue weighted by atomic mass is 35.5. The van der Waals surface area contributed by atoms with Crippen LogP contribution in [0.1, 0.15) is 29.8 Å². The molecule has 1 N–H and O–H groups in total. The molecule has 3 nitrogen and oxygen atoms in total. The van der Waals surface area contributed by atoms with Crippen LogP contribution in [0.3, 0.4) is 0 Å². The Morgan fingerprint density at radius 2 is 1.82 bits per heavy atom. The monoisotopic (exact) mass is 316 g/mol. The molecule has 0 aliphatic heterocycles. The summed E-state index contributed by atoms with van der Waals surface area (Å²) in [6.45, 7) is 8.18. The Morgan fingerprint density at radius 1 is 1.14 bits per heavy atom. The van der Waals surface area contributed by atoms with Crippen LogP contribution in [0.5, 0.6) is 0 Å². The number of aryl methyl sites for hydroxylation is 1. The molecule has 2 aromatic rings. The summed E-state index contributed by atoms with van der Waals surface area (Å²) in [7, 11) is 0. The highest BCUT2D eigenvalue weighted by molar-refractivity contribution is 6.34. The van der Waals surface area contributed by atoms with Crippen LogP contribution in [0, 0.1) is 6.92 Å². The van der Waals surface area contributed by atoms with Gasteiger partial charge in [0.05, 0.1) is 10.6 Å². The smallest absolute Gasteiger partial charge is 0.257 e. The van der Waals surface area contributed by atoms with Gasteiger partial charge in [-0.1, -0.05) is 23.7 Å². The van der Waals surface area contributed by atoms with Crippen LogP contribution in [0.4, 0.5) is 11.4 Å². The second kappa shape index (κ2) is 7.32. The Labute approximate surface area is 136 Å². The molecule has 0 aliphatic carbocycles. The number of hydrogen-bond donors (Lipinski definition) is 1. The topological polar surface area (TPSA) is 32.3 Å². The van der Waals surface area contributed by atoms with Gasteiger partial charge in [-0.3, -0.25) is 4.79 Å². The van der Waals surface area contributed by atoms with Crippen LogP contribution in [0.25, 0.3) is 0 Å². The van der Waals surface area contributed by atoms with E-state index in [1.54, 1.807) is 18.2 Å². The second-order valence-corrected chi connectivity index (χ2v) is 5.51. The summed E-state index contributed by atoms with van der Waals surface area (Å²) in [4.78, 5) is 14.6. The van der Waals surface area contributed by atoms with Crippen LogP contribution < -0.4 is 10.2 Å². The van der Waals surface area contributed by atoms with Crippen LogP contribution in [0.2, 0.25) is 5.02 Å². The van der Waals surface area contributed by atoms with Crippen molar-refractivity contribution in [1.29, 1.82) is 0 Å². The number of nitrogens with one attached hydrogen (secondary N) is 1. The molecule has 0 spiro atoms. The van der Waals surface area contributed by atoms with Gasteiger partial charge >= 0.3 is 0 Å². The molecular formula is C18H21ClN2O. The summed E-state index contributed by atoms with van der Waals surface area (Å²) in [5.41, 5.74) is 3.49. The van der Waals surface area contributed by atoms with E-state index in [0.717, 1.165) is 24.3 Å². The quantitative estimate of drug-likeness (QED) is 0.863. The molecular weight excluding hydrogens is 296 g/mol. The Morgan fingerprint density at radius 3 is 2.41 bits per heavy atom. The van der Waals surface area contributed by atoms with Gasteiger partial charge in [-0.2, -0.15) is 0 Å². The van der Waals surface area contributed by atoms with Gasteiger partial charge in [0.25, 0.3) is 5.91 Å². The van der Waals surface area contributed by atoms with Gasteiger partial charge in [-0.25, -0.2) is 0 Å². The fraction of sp³-hybridized carbons (Fsp3) is 0.278. The van der Waals surface area contributed by atoms with Crippen LogP contribution in [0.15, 0.2) is 42.5 Å². The average Bonchev–Trinajstić information content (AvgIpc) is 2.51. The van der Waals surface area contributed by atoms with Crippen molar-refractivity contribution in [2.45, 2.75) is 20.8 Å². The van der Waals surface area contributed by atoms with E-state index in [0.29, 0.717) is 10.6 Å². The first-order chi connectivity index (χ1) is 10.6. The van der Waals surface area contributed by atoms with Crippen molar-refractivity contribution in [1.82, 2.24) is 0 Å². The molecule has 1 amide bonds. The predicted molar refractivity (Wildman–Crippen MR) is 94.1 cm³/mol. The summed E-state index contributed by atoms with van der Waals surface area (Å²) in [6, 6.07) is 13.1. The summed E-state index contributed by atoms with van der Waals surface area (Å²) in [5.74, 6) is -0.190. The first-order valence-corrected chi connectivity index (χ1v) is 7.86. The lowest BCUT2D eigenvalue weighted by molar-refractivity contribution is 0.102. The second-order valence-electron chi connectivity index (χ2n) is 5.11. The summed E-state index contributed by atoms with van der Waals surface area (Å²) >= 11 is 6.06. The Kier molecular flexibility index (Phi) is 5.45. The van der Waals surface area contributed by atoms with E-state index in [1.165, 1.54) is 5.69 Å². The molecule has 4 heteroatoms. The molecule has 2 rings (SSSR count). The molecule has 22 heavy (non-hydrogen) atoms. The van der Waals surface area contributed by atoms with Crippen LogP contribution in [-0.4, -0.2) is 19.0 Å². The van der Waals surface area contributed by atoms with Crippen LogP contribution in [-0.2, 0) is 0 Å². The SMILES string of the molecule is CCN(CC)c1ccc(NC(=O)c2ccccc2Cl)c(C)c1. The average molecular weight is 317 g/mol. The van der Waals surface area contributed by atoms with Gasteiger partial charge in [-0.05, 0) is 56.7 Å². The Hall–Kier alpha value is -2.00. The van der Waals surface area contributed by atoms with Crippen molar-refractivity contribution in [3.8, 4) is 0 Å². The van der Waals surface area contributed by atoms with Gasteiger partial charge in [0.2, 0.25) is 0 Å². The van der Waals surface area contributed by atoms with E-state index in [1.807, 2.05) is 25.1 Å². The number of rotatable bonds is 5. The van der Waals surface area contributed by atoms with E-state index in [2.05, 4.69) is 30.1 Å². The number of amides is 1. The summed E-state index contributed by atoms with van der Waals surface area (Å²) < 4.78 is 0. The van der Waals surface area contributed by atoms with Gasteiger partial charge in [0.15, 0.2) is 0 Å². The third kappa shape index (κ3) is 3.60. The fourth-order valence-corrected chi connectivity index (χ4v) is 2.63. The normalized spacial score (nSPS) is 10.4. The van der Waals surface area contributed by atoms with Gasteiger partial charge < -0.3 is 10.2 Å². The molecule has 0 aliphatic rings. The molecule has 0 unspecified atom stereocenters. The highest BCUT2D eigenvalue weighted by Gasteiger charge is 2.12.